The van der Waals surface area contributed by atoms with E-state index in [0.717, 1.165) is 110 Å². The summed E-state index contributed by atoms with van der Waals surface area (Å²) < 4.78 is 0. The van der Waals surface area contributed by atoms with Gasteiger partial charge < -0.3 is 35.7 Å². The first-order chi connectivity index (χ1) is 24.4. The van der Waals surface area contributed by atoms with Crippen LogP contribution in [0.4, 0.5) is 0 Å². The Hall–Kier alpha value is -2.11. The molecule has 0 rings (SSSR count). The van der Waals surface area contributed by atoms with E-state index in [1.807, 2.05) is 0 Å². The summed E-state index contributed by atoms with van der Waals surface area (Å²) in [7, 11) is 0. The lowest BCUT2D eigenvalue weighted by Crippen LogP contribution is -2.34. The summed E-state index contributed by atoms with van der Waals surface area (Å²) in [5.74, 6) is -1.92. The highest BCUT2D eigenvalue weighted by Gasteiger charge is 2.18. The van der Waals surface area contributed by atoms with Gasteiger partial charge >= 0.3 is 11.9 Å². The molecule has 0 spiro atoms. The van der Waals surface area contributed by atoms with Crippen LogP contribution in [0.3, 0.4) is 0 Å². The third-order valence-corrected chi connectivity index (χ3v) is 8.42. The molecule has 0 aromatic heterocycles. The fraction of sp³-hybridized carbons (Fsp3) is 0.829. The van der Waals surface area contributed by atoms with Gasteiger partial charge in [0.2, 0.25) is 0 Å². The third kappa shape index (κ3) is 47.9. The number of aliphatic hydroxyl groups is 5. The number of carbonyl (C=O) groups excluding carboxylic acids is 1. The third-order valence-electron chi connectivity index (χ3n) is 8.42. The van der Waals surface area contributed by atoms with Gasteiger partial charge in [0.05, 0.1) is 18.8 Å². The van der Waals surface area contributed by atoms with Crippen molar-refractivity contribution in [2.24, 2.45) is 0 Å². The van der Waals surface area contributed by atoms with E-state index in [1.165, 1.54) is 51.4 Å². The molecule has 0 aliphatic heterocycles. The Bertz CT molecular complexity index is 775. The van der Waals surface area contributed by atoms with Crippen molar-refractivity contribution < 1.29 is 50.1 Å². The largest absolute Gasteiger partial charge is 0.481 e. The van der Waals surface area contributed by atoms with Gasteiger partial charge in [-0.25, -0.2) is 0 Å². The molecule has 0 heterocycles. The van der Waals surface area contributed by atoms with Gasteiger partial charge in [-0.1, -0.05) is 128 Å². The fourth-order valence-electron chi connectivity index (χ4n) is 5.10. The van der Waals surface area contributed by atoms with Crippen molar-refractivity contribution in [3.63, 3.8) is 0 Å². The predicted octanol–water partition coefficient (Wildman–Crippen LogP) is 8.45. The minimum atomic E-state index is -1.45. The minimum absolute atomic E-state index is 0.172. The summed E-state index contributed by atoms with van der Waals surface area (Å²) in [6.45, 7) is 4.95. The number of carboxylic acids is 2. The molecule has 4 atom stereocenters. The van der Waals surface area contributed by atoms with Crippen LogP contribution in [-0.4, -0.2) is 84.5 Å². The molecule has 0 aromatic carbocycles. The highest BCUT2D eigenvalue weighted by Crippen LogP contribution is 2.12. The van der Waals surface area contributed by atoms with Gasteiger partial charge in [-0.3, -0.25) is 14.4 Å². The summed E-state index contributed by atoms with van der Waals surface area (Å²) in [5, 5.41) is 62.0. The minimum Gasteiger partial charge on any atom is -0.481 e. The maximum atomic E-state index is 10.3. The zero-order valence-corrected chi connectivity index (χ0v) is 32.6. The van der Waals surface area contributed by atoms with Crippen LogP contribution in [0.5, 0.6) is 0 Å². The number of aliphatic hydroxyl groups excluding tert-OH is 5. The van der Waals surface area contributed by atoms with Crippen molar-refractivity contribution >= 4 is 17.7 Å². The van der Waals surface area contributed by atoms with Crippen LogP contribution in [-0.2, 0) is 14.4 Å². The second-order valence-electron chi connectivity index (χ2n) is 13.6. The van der Waals surface area contributed by atoms with Crippen molar-refractivity contribution in [1.29, 1.82) is 0 Å². The first-order valence-electron chi connectivity index (χ1n) is 20.0. The van der Waals surface area contributed by atoms with Gasteiger partial charge in [-0.2, -0.15) is 0 Å². The highest BCUT2D eigenvalue weighted by atomic mass is 16.4. The van der Waals surface area contributed by atoms with E-state index in [2.05, 4.69) is 38.2 Å². The first-order valence-corrected chi connectivity index (χ1v) is 20.0. The Labute approximate surface area is 310 Å². The van der Waals surface area contributed by atoms with Crippen LogP contribution in [0, 0.1) is 0 Å². The van der Waals surface area contributed by atoms with Crippen molar-refractivity contribution in [3.8, 4) is 0 Å². The molecular weight excluding hydrogens is 652 g/mol. The zero-order chi connectivity index (χ0) is 39.0. The molecule has 0 amide bonds. The average Bonchev–Trinajstić information content (AvgIpc) is 3.09. The summed E-state index contributed by atoms with van der Waals surface area (Å²) in [5.41, 5.74) is 0. The number of unbranched alkanes of at least 4 members (excludes halogenated alkanes) is 16. The first kappa shape index (κ1) is 53.2. The van der Waals surface area contributed by atoms with Crippen molar-refractivity contribution in [1.82, 2.24) is 0 Å². The van der Waals surface area contributed by atoms with Gasteiger partial charge in [-0.05, 0) is 71.1 Å². The SMILES string of the molecule is CC(=O)C(O)C(O)CO.CCCCCC[C@@H](O)C/C=C\CCCCCCCC(=O)O.CCCCCC[C@@H](O)C/C=C\CCCCCCCC(=O)O. The van der Waals surface area contributed by atoms with Crippen molar-refractivity contribution in [2.45, 2.75) is 212 Å². The number of allylic oxidation sites excluding steroid dienone is 2. The average molecular weight is 731 g/mol. The van der Waals surface area contributed by atoms with Crippen LogP contribution in [0.25, 0.3) is 0 Å². The molecule has 0 aromatic rings. The fourth-order valence-corrected chi connectivity index (χ4v) is 5.10. The molecule has 10 heteroatoms. The van der Waals surface area contributed by atoms with Crippen molar-refractivity contribution in [2.75, 3.05) is 6.61 Å². The van der Waals surface area contributed by atoms with Crippen LogP contribution in [0.15, 0.2) is 24.3 Å². The molecule has 302 valence electrons. The lowest BCUT2D eigenvalue weighted by Gasteiger charge is -2.10. The highest BCUT2D eigenvalue weighted by molar-refractivity contribution is 5.80. The molecule has 0 bridgehead atoms. The normalized spacial score (nSPS) is 13.6. The number of hydrogen-bond acceptors (Lipinski definition) is 8. The molecule has 2 unspecified atom stereocenters. The second-order valence-corrected chi connectivity index (χ2v) is 13.6. The molecule has 7 N–H and O–H groups in total. The van der Waals surface area contributed by atoms with E-state index in [0.29, 0.717) is 12.8 Å². The number of Topliss-reactive ketones (excluding diaryl/α,β-unsaturated/α-hetero) is 1. The molecule has 0 saturated heterocycles. The van der Waals surface area contributed by atoms with Gasteiger partial charge in [-0.15, -0.1) is 0 Å². The van der Waals surface area contributed by atoms with E-state index in [-0.39, 0.29) is 12.2 Å². The summed E-state index contributed by atoms with van der Waals surface area (Å²) in [6, 6.07) is 0. The molecule has 0 aliphatic rings. The van der Waals surface area contributed by atoms with Crippen LogP contribution >= 0.6 is 0 Å². The number of hydrogen-bond donors (Lipinski definition) is 7. The molecule has 10 nitrogen and oxygen atoms in total. The number of aliphatic carboxylic acids is 2. The van der Waals surface area contributed by atoms with E-state index in [9.17, 15) is 24.6 Å². The van der Waals surface area contributed by atoms with E-state index in [4.69, 9.17) is 25.5 Å². The number of carbonyl (C=O) groups is 3. The molecule has 0 saturated carbocycles. The topological polar surface area (TPSA) is 193 Å². The monoisotopic (exact) mass is 731 g/mol. The quantitative estimate of drug-likeness (QED) is 0.0254. The van der Waals surface area contributed by atoms with E-state index < -0.39 is 36.5 Å². The number of carboxylic acid groups (broad SMARTS) is 2. The lowest BCUT2D eigenvalue weighted by molar-refractivity contribution is -0.138. The summed E-state index contributed by atoms with van der Waals surface area (Å²) in [6.07, 6.45) is 31.9. The van der Waals surface area contributed by atoms with Gasteiger partial charge in [0.15, 0.2) is 5.78 Å². The van der Waals surface area contributed by atoms with Crippen LogP contribution in [0.1, 0.15) is 188 Å². The van der Waals surface area contributed by atoms with Gasteiger partial charge in [0, 0.05) is 12.8 Å². The molecular formula is C41H78O10. The Balaban J connectivity index is -0.000000731. The molecule has 51 heavy (non-hydrogen) atoms. The Morgan fingerprint density at radius 2 is 0.863 bits per heavy atom. The second kappa shape index (κ2) is 42.3. The van der Waals surface area contributed by atoms with Crippen molar-refractivity contribution in [3.05, 3.63) is 24.3 Å². The summed E-state index contributed by atoms with van der Waals surface area (Å²) >= 11 is 0. The Kier molecular flexibility index (Phi) is 44.2. The molecule has 0 aliphatic carbocycles. The predicted molar refractivity (Wildman–Crippen MR) is 207 cm³/mol. The Morgan fingerprint density at radius 1 is 0.510 bits per heavy atom. The number of rotatable bonds is 33. The smallest absolute Gasteiger partial charge is 0.303 e. The zero-order valence-electron chi connectivity index (χ0n) is 32.6. The van der Waals surface area contributed by atoms with Gasteiger partial charge in [0.25, 0.3) is 0 Å². The van der Waals surface area contributed by atoms with E-state index >= 15 is 0 Å². The van der Waals surface area contributed by atoms with Gasteiger partial charge in [0.1, 0.15) is 12.2 Å². The van der Waals surface area contributed by atoms with Crippen LogP contribution < -0.4 is 0 Å². The maximum Gasteiger partial charge on any atom is 0.303 e. The van der Waals surface area contributed by atoms with E-state index in [1.54, 1.807) is 0 Å². The standard InChI is InChI=1S/2C18H34O3.C5H10O4/c2*1-2-3-4-11-14-17(19)15-12-9-7-5-6-8-10-13-16-18(20)21;1-3(7)5(9)4(8)2-6/h2*9,12,17,19H,2-8,10-11,13-16H2,1H3,(H,20,21);4-6,8-9H,2H2,1H3/b2*12-9-;/t2*17-;/m11./s1. The Morgan fingerprint density at radius 3 is 1.18 bits per heavy atom. The lowest BCUT2D eigenvalue weighted by atomic mass is 10.1. The maximum absolute atomic E-state index is 10.3. The molecule has 0 fully saturated rings. The molecule has 0 radical (unpaired) electrons. The van der Waals surface area contributed by atoms with Crippen LogP contribution in [0.2, 0.25) is 0 Å². The number of ketones is 1. The summed E-state index contributed by atoms with van der Waals surface area (Å²) in [4.78, 5) is 30.9.